The average molecular weight is 328 g/mol. The van der Waals surface area contributed by atoms with Crippen molar-refractivity contribution >= 4 is 0 Å². The second-order valence-corrected chi connectivity index (χ2v) is 6.21. The number of aryl methyl sites for hydroxylation is 2. The lowest BCUT2D eigenvalue weighted by atomic mass is 9.91. The van der Waals surface area contributed by atoms with Crippen LogP contribution >= 0.6 is 0 Å². The largest absolute Gasteiger partial charge is 0.236 e. The molecule has 4 rings (SSSR count). The SMILES string of the molecule is Cc1ccn(C(c2ccccc2)(c2ccccc2)n2ccc(C)n2)n1. The third-order valence-electron chi connectivity index (χ3n) is 4.46. The highest BCUT2D eigenvalue weighted by Gasteiger charge is 2.40. The maximum Gasteiger partial charge on any atom is 0.204 e. The second-order valence-electron chi connectivity index (χ2n) is 6.21. The van der Waals surface area contributed by atoms with Crippen LogP contribution in [-0.4, -0.2) is 19.6 Å². The molecule has 0 atom stereocenters. The highest BCUT2D eigenvalue weighted by atomic mass is 15.5. The first-order valence-corrected chi connectivity index (χ1v) is 8.38. The van der Waals surface area contributed by atoms with Crippen LogP contribution in [0, 0.1) is 13.8 Å². The van der Waals surface area contributed by atoms with Gasteiger partial charge in [0.05, 0.1) is 11.4 Å². The summed E-state index contributed by atoms with van der Waals surface area (Å²) in [5, 5.41) is 9.55. The van der Waals surface area contributed by atoms with Gasteiger partial charge in [-0.3, -0.25) is 0 Å². The lowest BCUT2D eigenvalue weighted by Gasteiger charge is -2.36. The van der Waals surface area contributed by atoms with Crippen LogP contribution in [0.15, 0.2) is 85.2 Å². The van der Waals surface area contributed by atoms with Crippen molar-refractivity contribution in [3.8, 4) is 0 Å². The van der Waals surface area contributed by atoms with Crippen molar-refractivity contribution in [2.24, 2.45) is 0 Å². The highest BCUT2D eigenvalue weighted by molar-refractivity contribution is 5.39. The summed E-state index contributed by atoms with van der Waals surface area (Å²) in [6.07, 6.45) is 4.04. The fraction of sp³-hybridized carbons (Fsp3) is 0.143. The molecule has 0 fully saturated rings. The Morgan fingerprint density at radius 3 is 1.32 bits per heavy atom. The molecule has 4 heteroatoms. The zero-order valence-corrected chi connectivity index (χ0v) is 14.4. The summed E-state index contributed by atoms with van der Waals surface area (Å²) < 4.78 is 4.00. The Hall–Kier alpha value is -3.14. The maximum atomic E-state index is 4.78. The van der Waals surface area contributed by atoms with Crippen LogP contribution in [0.2, 0.25) is 0 Å². The number of hydrogen-bond donors (Lipinski definition) is 0. The predicted octanol–water partition coefficient (Wildman–Crippen LogP) is 3.99. The van der Waals surface area contributed by atoms with Gasteiger partial charge in [-0.05, 0) is 26.0 Å². The Balaban J connectivity index is 2.12. The molecule has 0 aliphatic carbocycles. The van der Waals surface area contributed by atoms with Gasteiger partial charge in [0.1, 0.15) is 0 Å². The zero-order chi connectivity index (χ0) is 17.3. The van der Waals surface area contributed by atoms with Crippen LogP contribution in [0.5, 0.6) is 0 Å². The van der Waals surface area contributed by atoms with Crippen molar-refractivity contribution in [2.75, 3.05) is 0 Å². The normalized spacial score (nSPS) is 11.6. The first-order valence-electron chi connectivity index (χ1n) is 8.38. The molecule has 0 radical (unpaired) electrons. The quantitative estimate of drug-likeness (QED) is 0.568. The number of hydrogen-bond acceptors (Lipinski definition) is 2. The van der Waals surface area contributed by atoms with E-state index in [0.29, 0.717) is 0 Å². The van der Waals surface area contributed by atoms with E-state index in [9.17, 15) is 0 Å². The summed E-state index contributed by atoms with van der Waals surface area (Å²) in [4.78, 5) is 0. The van der Waals surface area contributed by atoms with E-state index in [2.05, 4.69) is 48.5 Å². The van der Waals surface area contributed by atoms with E-state index >= 15 is 0 Å². The molecule has 2 heterocycles. The maximum absolute atomic E-state index is 4.78. The van der Waals surface area contributed by atoms with Crippen molar-refractivity contribution in [3.63, 3.8) is 0 Å². The molecule has 25 heavy (non-hydrogen) atoms. The lowest BCUT2D eigenvalue weighted by molar-refractivity contribution is 0.294. The number of benzene rings is 2. The fourth-order valence-corrected chi connectivity index (χ4v) is 3.33. The van der Waals surface area contributed by atoms with Gasteiger partial charge in [0.2, 0.25) is 5.66 Å². The van der Waals surface area contributed by atoms with Gasteiger partial charge in [0, 0.05) is 23.5 Å². The van der Waals surface area contributed by atoms with E-state index in [1.54, 1.807) is 0 Å². The molecule has 0 aliphatic rings. The van der Waals surface area contributed by atoms with Gasteiger partial charge < -0.3 is 0 Å². The van der Waals surface area contributed by atoms with Crippen LogP contribution in [0.25, 0.3) is 0 Å². The minimum Gasteiger partial charge on any atom is -0.236 e. The Morgan fingerprint density at radius 2 is 1.00 bits per heavy atom. The summed E-state index contributed by atoms with van der Waals surface area (Å²) in [5.74, 6) is 0. The van der Waals surface area contributed by atoms with Gasteiger partial charge >= 0.3 is 0 Å². The van der Waals surface area contributed by atoms with Crippen molar-refractivity contribution in [2.45, 2.75) is 19.5 Å². The summed E-state index contributed by atoms with van der Waals surface area (Å²) >= 11 is 0. The van der Waals surface area contributed by atoms with Gasteiger partial charge in [-0.1, -0.05) is 60.7 Å². The van der Waals surface area contributed by atoms with E-state index in [-0.39, 0.29) is 0 Å². The summed E-state index contributed by atoms with van der Waals surface area (Å²) in [6.45, 7) is 4.01. The van der Waals surface area contributed by atoms with E-state index in [1.165, 1.54) is 0 Å². The van der Waals surface area contributed by atoms with Gasteiger partial charge in [0.15, 0.2) is 0 Å². The van der Waals surface area contributed by atoms with E-state index < -0.39 is 5.66 Å². The van der Waals surface area contributed by atoms with Gasteiger partial charge in [-0.25, -0.2) is 9.36 Å². The number of nitrogens with zero attached hydrogens (tertiary/aromatic N) is 4. The summed E-state index contributed by atoms with van der Waals surface area (Å²) in [7, 11) is 0. The third-order valence-corrected chi connectivity index (χ3v) is 4.46. The molecule has 0 saturated carbocycles. The highest BCUT2D eigenvalue weighted by Crippen LogP contribution is 2.35. The minimum absolute atomic E-state index is 0.676. The monoisotopic (exact) mass is 328 g/mol. The third kappa shape index (κ3) is 2.47. The van der Waals surface area contributed by atoms with Crippen LogP contribution in [-0.2, 0) is 5.66 Å². The van der Waals surface area contributed by atoms with Gasteiger partial charge in [-0.15, -0.1) is 0 Å². The number of aromatic nitrogens is 4. The van der Waals surface area contributed by atoms with Crippen LogP contribution in [0.4, 0.5) is 0 Å². The second kappa shape index (κ2) is 6.06. The van der Waals surface area contributed by atoms with Crippen molar-refractivity contribution in [1.82, 2.24) is 19.6 Å². The zero-order valence-electron chi connectivity index (χ0n) is 14.4. The first kappa shape index (κ1) is 15.4. The van der Waals surface area contributed by atoms with Crippen LogP contribution in [0.3, 0.4) is 0 Å². The summed E-state index contributed by atoms with van der Waals surface area (Å²) in [5.41, 5.74) is 3.48. The fourth-order valence-electron chi connectivity index (χ4n) is 3.33. The molecule has 0 N–H and O–H groups in total. The molecule has 0 aliphatic heterocycles. The summed E-state index contributed by atoms with van der Waals surface area (Å²) in [6, 6.07) is 24.8. The van der Waals surface area contributed by atoms with E-state index in [4.69, 9.17) is 10.2 Å². The smallest absolute Gasteiger partial charge is 0.204 e. The Bertz CT molecular complexity index is 886. The molecule has 2 aromatic heterocycles. The molecular weight excluding hydrogens is 308 g/mol. The first-order chi connectivity index (χ1) is 12.2. The Kier molecular flexibility index (Phi) is 3.73. The van der Waals surface area contributed by atoms with Crippen molar-refractivity contribution in [3.05, 3.63) is 108 Å². The molecule has 4 nitrogen and oxygen atoms in total. The van der Waals surface area contributed by atoms with E-state index in [0.717, 1.165) is 22.5 Å². The van der Waals surface area contributed by atoms with Crippen molar-refractivity contribution < 1.29 is 0 Å². The molecule has 0 saturated heterocycles. The number of rotatable bonds is 4. The molecule has 0 amide bonds. The Morgan fingerprint density at radius 1 is 0.600 bits per heavy atom. The molecule has 0 unspecified atom stereocenters. The van der Waals surface area contributed by atoms with Crippen molar-refractivity contribution in [1.29, 1.82) is 0 Å². The predicted molar refractivity (Wildman–Crippen MR) is 98.4 cm³/mol. The minimum atomic E-state index is -0.676. The van der Waals surface area contributed by atoms with Gasteiger partial charge in [0.25, 0.3) is 0 Å². The van der Waals surface area contributed by atoms with Crippen LogP contribution < -0.4 is 0 Å². The van der Waals surface area contributed by atoms with E-state index in [1.807, 2.05) is 59.9 Å². The van der Waals surface area contributed by atoms with Crippen LogP contribution in [0.1, 0.15) is 22.5 Å². The molecular formula is C21H20N4. The molecule has 0 spiro atoms. The topological polar surface area (TPSA) is 35.6 Å². The Labute approximate surface area is 147 Å². The lowest BCUT2D eigenvalue weighted by Crippen LogP contribution is -2.44. The average Bonchev–Trinajstić information content (AvgIpc) is 3.27. The standard InChI is InChI=1S/C21H20N4/c1-17-13-15-24(22-17)21(19-9-5-3-6-10-19,20-11-7-4-8-12-20)25-16-14-18(2)23-25/h3-16H,1-2H3. The molecule has 4 aromatic rings. The molecule has 2 aromatic carbocycles. The molecule has 0 bridgehead atoms. The molecule has 124 valence electrons. The van der Waals surface area contributed by atoms with Gasteiger partial charge in [-0.2, -0.15) is 10.2 Å².